The van der Waals surface area contributed by atoms with E-state index in [2.05, 4.69) is 15.5 Å². The smallest absolute Gasteiger partial charge is 0.223 e. The summed E-state index contributed by atoms with van der Waals surface area (Å²) in [5.41, 5.74) is 0.858. The number of rotatable bonds is 3. The number of hydrogen-bond acceptors (Lipinski definition) is 2. The number of hydrogen-bond donors (Lipinski definition) is 2. The largest absolute Gasteiger partial charge is 0.353 e. The topological polar surface area (TPSA) is 44.4 Å². The molecule has 2 heterocycles. The highest BCUT2D eigenvalue weighted by atomic mass is 35.5. The van der Waals surface area contributed by atoms with Crippen molar-refractivity contribution in [3.8, 4) is 0 Å². The maximum atomic E-state index is 12.1. The molecule has 2 N–H and O–H groups in total. The number of amides is 1. The fourth-order valence-electron chi connectivity index (χ4n) is 4.24. The van der Waals surface area contributed by atoms with Crippen LogP contribution < -0.4 is 10.6 Å². The van der Waals surface area contributed by atoms with E-state index in [9.17, 15) is 4.79 Å². The number of nitrogens with zero attached hydrogens (tertiary/aromatic N) is 1. The lowest BCUT2D eigenvalue weighted by atomic mass is 9.82. The molecule has 134 valence electrons. The van der Waals surface area contributed by atoms with Gasteiger partial charge in [0, 0.05) is 24.0 Å². The Morgan fingerprint density at radius 3 is 2.44 bits per heavy atom. The second kappa shape index (κ2) is 7.12. The van der Waals surface area contributed by atoms with E-state index in [1.807, 2.05) is 24.3 Å². The summed E-state index contributed by atoms with van der Waals surface area (Å²) in [6.07, 6.45) is 7.60. The zero-order valence-electron chi connectivity index (χ0n) is 14.2. The Morgan fingerprint density at radius 2 is 1.80 bits per heavy atom. The molecule has 1 aliphatic carbocycles. The Balaban J connectivity index is 1.43. The zero-order chi connectivity index (χ0) is 17.4. The van der Waals surface area contributed by atoms with Crippen molar-refractivity contribution >= 4 is 40.5 Å². The Labute approximate surface area is 159 Å². The molecule has 25 heavy (non-hydrogen) atoms. The Hall–Kier alpha value is -1.33. The average Bonchev–Trinajstić information content (AvgIpc) is 3.41. The van der Waals surface area contributed by atoms with Gasteiger partial charge >= 0.3 is 0 Å². The molecule has 2 saturated heterocycles. The van der Waals surface area contributed by atoms with Crippen LogP contribution in [0.4, 0.5) is 5.69 Å². The first kappa shape index (κ1) is 17.1. The molecule has 3 fully saturated rings. The summed E-state index contributed by atoms with van der Waals surface area (Å²) in [6.45, 7) is 0. The summed E-state index contributed by atoms with van der Waals surface area (Å²) in [4.78, 5) is 14.5. The quantitative estimate of drug-likeness (QED) is 0.783. The number of benzene rings is 1. The SMILES string of the molecule is O=C(NC1C[C@@H]2CCC[C@@H](C1)N2C(=S)Nc1ccccc1Cl)C1CC1. The van der Waals surface area contributed by atoms with Gasteiger partial charge in [-0.05, 0) is 69.3 Å². The predicted octanol–water partition coefficient (Wildman–Crippen LogP) is 3.95. The molecule has 0 spiro atoms. The highest BCUT2D eigenvalue weighted by Gasteiger charge is 2.41. The first-order valence-corrected chi connectivity index (χ1v) is 10.0. The number of anilines is 1. The van der Waals surface area contributed by atoms with Gasteiger partial charge in [-0.1, -0.05) is 23.7 Å². The highest BCUT2D eigenvalue weighted by molar-refractivity contribution is 7.80. The lowest BCUT2D eigenvalue weighted by Gasteiger charge is -2.50. The minimum Gasteiger partial charge on any atom is -0.353 e. The van der Waals surface area contributed by atoms with Crippen molar-refractivity contribution in [2.75, 3.05) is 5.32 Å². The van der Waals surface area contributed by atoms with Gasteiger partial charge in [0.15, 0.2) is 5.11 Å². The van der Waals surface area contributed by atoms with Gasteiger partial charge < -0.3 is 15.5 Å². The van der Waals surface area contributed by atoms with Gasteiger partial charge in [0.05, 0.1) is 10.7 Å². The van der Waals surface area contributed by atoms with Gasteiger partial charge in [-0.2, -0.15) is 0 Å². The molecular formula is C19H24ClN3OS. The molecule has 2 atom stereocenters. The summed E-state index contributed by atoms with van der Waals surface area (Å²) < 4.78 is 0. The van der Waals surface area contributed by atoms with Crippen molar-refractivity contribution in [2.45, 2.75) is 63.1 Å². The minimum absolute atomic E-state index is 0.258. The van der Waals surface area contributed by atoms with Gasteiger partial charge in [0.1, 0.15) is 0 Å². The molecule has 2 bridgehead atoms. The molecule has 6 heteroatoms. The van der Waals surface area contributed by atoms with E-state index in [0.717, 1.165) is 49.3 Å². The molecule has 1 saturated carbocycles. The lowest BCUT2D eigenvalue weighted by molar-refractivity contribution is -0.123. The number of carbonyl (C=O) groups excluding carboxylic acids is 1. The second-order valence-corrected chi connectivity index (χ2v) is 8.30. The van der Waals surface area contributed by atoms with E-state index in [0.29, 0.717) is 23.1 Å². The van der Waals surface area contributed by atoms with Gasteiger partial charge in [0.25, 0.3) is 0 Å². The number of para-hydroxylation sites is 1. The Kier molecular flexibility index (Phi) is 4.87. The van der Waals surface area contributed by atoms with Crippen molar-refractivity contribution in [2.24, 2.45) is 5.92 Å². The molecule has 2 aliphatic heterocycles. The van der Waals surface area contributed by atoms with Gasteiger partial charge in [-0.15, -0.1) is 0 Å². The van der Waals surface area contributed by atoms with Crippen LogP contribution in [0.5, 0.6) is 0 Å². The van der Waals surface area contributed by atoms with Gasteiger partial charge in [-0.3, -0.25) is 4.79 Å². The van der Waals surface area contributed by atoms with Crippen LogP contribution in [0.1, 0.15) is 44.9 Å². The second-order valence-electron chi connectivity index (χ2n) is 7.51. The van der Waals surface area contributed by atoms with Crippen LogP contribution in [-0.4, -0.2) is 34.0 Å². The van der Waals surface area contributed by atoms with Crippen molar-refractivity contribution < 1.29 is 4.79 Å². The maximum absolute atomic E-state index is 12.1. The number of nitrogens with one attached hydrogen (secondary N) is 2. The van der Waals surface area contributed by atoms with Crippen LogP contribution in [-0.2, 0) is 4.79 Å². The van der Waals surface area contributed by atoms with Crippen molar-refractivity contribution in [1.82, 2.24) is 10.2 Å². The summed E-state index contributed by atoms with van der Waals surface area (Å²) >= 11 is 12.0. The van der Waals surface area contributed by atoms with Gasteiger partial charge in [0.2, 0.25) is 5.91 Å². The van der Waals surface area contributed by atoms with E-state index in [1.54, 1.807) is 0 Å². The molecule has 0 radical (unpaired) electrons. The third-order valence-corrected chi connectivity index (χ3v) is 6.26. The van der Waals surface area contributed by atoms with E-state index >= 15 is 0 Å². The molecule has 0 unspecified atom stereocenters. The van der Waals surface area contributed by atoms with Gasteiger partial charge in [-0.25, -0.2) is 0 Å². The number of halogens is 1. The van der Waals surface area contributed by atoms with E-state index in [-0.39, 0.29) is 11.8 Å². The van der Waals surface area contributed by atoms with Crippen molar-refractivity contribution in [3.05, 3.63) is 29.3 Å². The third kappa shape index (κ3) is 3.77. The van der Waals surface area contributed by atoms with Crippen LogP contribution in [0.25, 0.3) is 0 Å². The molecule has 4 nitrogen and oxygen atoms in total. The first-order chi connectivity index (χ1) is 12.1. The summed E-state index contributed by atoms with van der Waals surface area (Å²) in [5, 5.41) is 8.05. The van der Waals surface area contributed by atoms with E-state index < -0.39 is 0 Å². The van der Waals surface area contributed by atoms with Crippen molar-refractivity contribution in [3.63, 3.8) is 0 Å². The molecule has 1 amide bonds. The standard InChI is InChI=1S/C19H24ClN3OS/c20-16-6-1-2-7-17(16)22-19(25)23-14-4-3-5-15(23)11-13(10-14)21-18(24)12-8-9-12/h1-2,6-7,12-15H,3-5,8-11H2,(H,21,24)(H,22,25)/t14-,15-/m0/s1. The number of fused-ring (bicyclic) bond motifs is 2. The number of carbonyl (C=O) groups is 1. The van der Waals surface area contributed by atoms with Crippen molar-refractivity contribution in [1.29, 1.82) is 0 Å². The average molecular weight is 378 g/mol. The molecule has 1 aromatic carbocycles. The van der Waals surface area contributed by atoms with Crippen LogP contribution in [0, 0.1) is 5.92 Å². The fourth-order valence-corrected chi connectivity index (χ4v) is 4.83. The predicted molar refractivity (Wildman–Crippen MR) is 105 cm³/mol. The van der Waals surface area contributed by atoms with E-state index in [1.165, 1.54) is 6.42 Å². The molecule has 3 aliphatic rings. The minimum atomic E-state index is 0.258. The number of thiocarbonyl (C=S) groups is 1. The zero-order valence-corrected chi connectivity index (χ0v) is 15.8. The lowest BCUT2D eigenvalue weighted by Crippen LogP contribution is -2.59. The van der Waals surface area contributed by atoms with E-state index in [4.69, 9.17) is 23.8 Å². The highest BCUT2D eigenvalue weighted by Crippen LogP contribution is 2.36. The van der Waals surface area contributed by atoms with Crippen LogP contribution in [0.2, 0.25) is 5.02 Å². The van der Waals surface area contributed by atoms with Crippen LogP contribution in [0.15, 0.2) is 24.3 Å². The third-order valence-electron chi connectivity index (χ3n) is 5.62. The van der Waals surface area contributed by atoms with Crippen LogP contribution in [0.3, 0.4) is 0 Å². The summed E-state index contributed by atoms with van der Waals surface area (Å²) in [6, 6.07) is 8.79. The number of piperidine rings is 2. The van der Waals surface area contributed by atoms with Crippen LogP contribution >= 0.6 is 23.8 Å². The monoisotopic (exact) mass is 377 g/mol. The molecular weight excluding hydrogens is 354 g/mol. The summed E-state index contributed by atoms with van der Waals surface area (Å²) in [5.74, 6) is 0.536. The molecule has 0 aromatic heterocycles. The Morgan fingerprint density at radius 1 is 1.12 bits per heavy atom. The maximum Gasteiger partial charge on any atom is 0.223 e. The summed E-state index contributed by atoms with van der Waals surface area (Å²) in [7, 11) is 0. The normalized spacial score (nSPS) is 28.4. The molecule has 4 rings (SSSR count). The molecule has 1 aromatic rings. The Bertz CT molecular complexity index is 664. The first-order valence-electron chi connectivity index (χ1n) is 9.26. The fraction of sp³-hybridized carbons (Fsp3) is 0.579.